The lowest BCUT2D eigenvalue weighted by molar-refractivity contribution is -0.169. The third-order valence-corrected chi connectivity index (χ3v) is 6.04. The Bertz CT molecular complexity index is 579. The van der Waals surface area contributed by atoms with E-state index in [1.54, 1.807) is 6.07 Å². The number of ether oxygens (including phenoxy) is 1. The fourth-order valence-electron chi connectivity index (χ4n) is 4.93. The molecule has 0 radical (unpaired) electrons. The van der Waals surface area contributed by atoms with Crippen LogP contribution >= 0.6 is 12.4 Å². The molecule has 5 heteroatoms. The summed E-state index contributed by atoms with van der Waals surface area (Å²) >= 11 is 0. The number of methoxy groups -OCH3 is 1. The van der Waals surface area contributed by atoms with E-state index in [0.29, 0.717) is 17.4 Å². The molecule has 25 heavy (non-hydrogen) atoms. The molecule has 2 unspecified atom stereocenters. The van der Waals surface area contributed by atoms with Gasteiger partial charge in [-0.25, -0.2) is 0 Å². The van der Waals surface area contributed by atoms with Crippen LogP contribution in [0.15, 0.2) is 24.3 Å². The molecular formula is C20H31ClN2O2. The van der Waals surface area contributed by atoms with Crippen LogP contribution in [0.25, 0.3) is 0 Å². The Balaban J connectivity index is 0.00000225. The third kappa shape index (κ3) is 3.71. The Hall–Kier alpha value is -1.10. The van der Waals surface area contributed by atoms with Crippen molar-refractivity contribution in [2.45, 2.75) is 44.6 Å². The van der Waals surface area contributed by atoms with E-state index < -0.39 is 0 Å². The lowest BCUT2D eigenvalue weighted by Crippen LogP contribution is -2.59. The predicted octanol–water partition coefficient (Wildman–Crippen LogP) is 3.58. The first-order valence-electron chi connectivity index (χ1n) is 9.29. The molecule has 1 aromatic carbocycles. The molecule has 4 nitrogen and oxygen atoms in total. The minimum Gasteiger partial charge on any atom is -0.373 e. The second-order valence-corrected chi connectivity index (χ2v) is 7.38. The van der Waals surface area contributed by atoms with Gasteiger partial charge in [0, 0.05) is 37.6 Å². The second kappa shape index (κ2) is 8.52. The molecule has 1 aromatic rings. The number of rotatable bonds is 6. The summed E-state index contributed by atoms with van der Waals surface area (Å²) in [5, 5.41) is 0. The zero-order valence-corrected chi connectivity index (χ0v) is 16.2. The van der Waals surface area contributed by atoms with Gasteiger partial charge in [0.05, 0.1) is 0 Å². The van der Waals surface area contributed by atoms with Crippen LogP contribution in [0.2, 0.25) is 0 Å². The van der Waals surface area contributed by atoms with Crippen molar-refractivity contribution in [3.8, 4) is 0 Å². The van der Waals surface area contributed by atoms with Crippen molar-refractivity contribution in [1.82, 2.24) is 4.90 Å². The standard InChI is InChI=1S/C20H30N2O2.ClH/c1-3-4-11-22-13-17-9-6-10-18(14-22)20(17,24-2)16-8-5-7-15(12-16)19(21)23;/h5,7-8,12,17-18H,3-4,6,9-11,13-14H2,1-2H3,(H2,21,23);1H. The average Bonchev–Trinajstić information content (AvgIpc) is 2.59. The summed E-state index contributed by atoms with van der Waals surface area (Å²) in [6.45, 7) is 5.61. The van der Waals surface area contributed by atoms with Crippen LogP contribution in [-0.4, -0.2) is 37.6 Å². The summed E-state index contributed by atoms with van der Waals surface area (Å²) in [7, 11) is 1.84. The number of piperidine rings is 1. The number of fused-ring (bicyclic) bond motifs is 2. The largest absolute Gasteiger partial charge is 0.373 e. The molecule has 1 amide bonds. The van der Waals surface area contributed by atoms with Gasteiger partial charge in [-0.2, -0.15) is 0 Å². The summed E-state index contributed by atoms with van der Waals surface area (Å²) in [5.41, 5.74) is 6.94. The quantitative estimate of drug-likeness (QED) is 0.837. The van der Waals surface area contributed by atoms with Crippen LogP contribution in [0.3, 0.4) is 0 Å². The van der Waals surface area contributed by atoms with E-state index in [9.17, 15) is 4.79 Å². The van der Waals surface area contributed by atoms with Crippen LogP contribution in [-0.2, 0) is 10.3 Å². The van der Waals surface area contributed by atoms with Crippen molar-refractivity contribution in [3.63, 3.8) is 0 Å². The summed E-state index contributed by atoms with van der Waals surface area (Å²) in [4.78, 5) is 14.2. The highest BCUT2D eigenvalue weighted by atomic mass is 35.5. The Kier molecular flexibility index (Phi) is 6.89. The molecule has 1 aliphatic heterocycles. The maximum absolute atomic E-state index is 11.6. The van der Waals surface area contributed by atoms with Crippen LogP contribution in [0.5, 0.6) is 0 Å². The fraction of sp³-hybridized carbons (Fsp3) is 0.650. The van der Waals surface area contributed by atoms with Crippen LogP contribution in [0.4, 0.5) is 0 Å². The van der Waals surface area contributed by atoms with Gasteiger partial charge in [-0.05, 0) is 43.5 Å². The molecule has 2 N–H and O–H groups in total. The van der Waals surface area contributed by atoms with E-state index in [1.165, 1.54) is 38.6 Å². The molecule has 2 bridgehead atoms. The highest BCUT2D eigenvalue weighted by molar-refractivity contribution is 5.92. The van der Waals surface area contributed by atoms with E-state index in [-0.39, 0.29) is 23.9 Å². The van der Waals surface area contributed by atoms with E-state index in [0.717, 1.165) is 18.7 Å². The topological polar surface area (TPSA) is 55.6 Å². The lowest BCUT2D eigenvalue weighted by atomic mass is 9.62. The SMILES string of the molecule is CCCCN1CC2CCCC(C1)C2(OC)c1cccc(C(N)=O)c1.Cl. The number of benzene rings is 1. The van der Waals surface area contributed by atoms with Crippen molar-refractivity contribution >= 4 is 18.3 Å². The minimum absolute atomic E-state index is 0. The van der Waals surface area contributed by atoms with Gasteiger partial charge in [-0.1, -0.05) is 31.9 Å². The molecule has 1 heterocycles. The normalized spacial score (nSPS) is 29.0. The molecule has 2 atom stereocenters. The molecule has 0 spiro atoms. The van der Waals surface area contributed by atoms with Gasteiger partial charge in [0.25, 0.3) is 0 Å². The molecule has 1 saturated carbocycles. The molecule has 2 fully saturated rings. The number of nitrogens with two attached hydrogens (primary N) is 1. The summed E-state index contributed by atoms with van der Waals surface area (Å²) in [6, 6.07) is 7.80. The number of carbonyl (C=O) groups excluding carboxylic acids is 1. The molecular weight excluding hydrogens is 336 g/mol. The molecule has 2 aliphatic rings. The number of amides is 1. The molecule has 1 aliphatic carbocycles. The average molecular weight is 367 g/mol. The smallest absolute Gasteiger partial charge is 0.248 e. The maximum atomic E-state index is 11.6. The number of hydrogen-bond acceptors (Lipinski definition) is 3. The Labute approximate surface area is 157 Å². The lowest BCUT2D eigenvalue weighted by Gasteiger charge is -2.55. The number of unbranched alkanes of at least 4 members (excludes halogenated alkanes) is 1. The molecule has 140 valence electrons. The number of carbonyl (C=O) groups is 1. The maximum Gasteiger partial charge on any atom is 0.248 e. The zero-order valence-electron chi connectivity index (χ0n) is 15.4. The van der Waals surface area contributed by atoms with Gasteiger partial charge in [0.15, 0.2) is 0 Å². The summed E-state index contributed by atoms with van der Waals surface area (Å²) < 4.78 is 6.24. The van der Waals surface area contributed by atoms with E-state index in [1.807, 2.05) is 19.2 Å². The third-order valence-electron chi connectivity index (χ3n) is 6.04. The number of primary amides is 1. The van der Waals surface area contributed by atoms with Crippen molar-refractivity contribution in [1.29, 1.82) is 0 Å². The van der Waals surface area contributed by atoms with Crippen molar-refractivity contribution in [2.75, 3.05) is 26.7 Å². The fourth-order valence-corrected chi connectivity index (χ4v) is 4.93. The Morgan fingerprint density at radius 3 is 2.56 bits per heavy atom. The van der Waals surface area contributed by atoms with Gasteiger partial charge >= 0.3 is 0 Å². The highest BCUT2D eigenvalue weighted by Crippen LogP contribution is 2.51. The highest BCUT2D eigenvalue weighted by Gasteiger charge is 2.53. The Morgan fingerprint density at radius 2 is 2.00 bits per heavy atom. The van der Waals surface area contributed by atoms with Gasteiger partial charge in [0.2, 0.25) is 5.91 Å². The molecule has 1 saturated heterocycles. The van der Waals surface area contributed by atoms with Crippen molar-refractivity contribution < 1.29 is 9.53 Å². The number of hydrogen-bond donors (Lipinski definition) is 1. The summed E-state index contributed by atoms with van der Waals surface area (Å²) in [6.07, 6.45) is 6.15. The van der Waals surface area contributed by atoms with Gasteiger partial charge in [0.1, 0.15) is 5.60 Å². The summed E-state index contributed by atoms with van der Waals surface area (Å²) in [5.74, 6) is 0.596. The molecule has 0 aromatic heterocycles. The first-order chi connectivity index (χ1) is 11.6. The van der Waals surface area contributed by atoms with E-state index in [4.69, 9.17) is 10.5 Å². The Morgan fingerprint density at radius 1 is 1.32 bits per heavy atom. The van der Waals surface area contributed by atoms with Crippen molar-refractivity contribution in [3.05, 3.63) is 35.4 Å². The first-order valence-corrected chi connectivity index (χ1v) is 9.29. The van der Waals surface area contributed by atoms with E-state index in [2.05, 4.69) is 17.9 Å². The van der Waals surface area contributed by atoms with Gasteiger partial charge < -0.3 is 15.4 Å². The van der Waals surface area contributed by atoms with Crippen LogP contribution in [0, 0.1) is 11.8 Å². The van der Waals surface area contributed by atoms with Crippen LogP contribution in [0.1, 0.15) is 54.9 Å². The molecule has 3 rings (SSSR count). The number of halogens is 1. The van der Waals surface area contributed by atoms with Gasteiger partial charge in [-0.15, -0.1) is 12.4 Å². The van der Waals surface area contributed by atoms with Crippen molar-refractivity contribution in [2.24, 2.45) is 17.6 Å². The minimum atomic E-state index is -0.367. The number of nitrogens with zero attached hydrogens (tertiary/aromatic N) is 1. The van der Waals surface area contributed by atoms with Gasteiger partial charge in [-0.3, -0.25) is 4.79 Å². The van der Waals surface area contributed by atoms with Crippen LogP contribution < -0.4 is 5.73 Å². The second-order valence-electron chi connectivity index (χ2n) is 7.38. The first kappa shape index (κ1) is 20.2. The number of likely N-dealkylation sites (tertiary alicyclic amines) is 1. The van der Waals surface area contributed by atoms with E-state index >= 15 is 0 Å². The zero-order chi connectivity index (χ0) is 17.2. The predicted molar refractivity (Wildman–Crippen MR) is 103 cm³/mol. The monoisotopic (exact) mass is 366 g/mol.